The molecule has 2 aromatic rings. The first-order valence-electron chi connectivity index (χ1n) is 7.69. The maximum Gasteiger partial charge on any atom is 0.435 e. The quantitative estimate of drug-likeness (QED) is 0.777. The zero-order chi connectivity index (χ0) is 18.8. The molecular weight excluding hydrogens is 359 g/mol. The highest BCUT2D eigenvalue weighted by atomic mass is 35.5. The van der Waals surface area contributed by atoms with Gasteiger partial charge in [0, 0.05) is 38.4 Å². The molecule has 0 aliphatic heterocycles. The van der Waals surface area contributed by atoms with Gasteiger partial charge in [0.25, 0.3) is 0 Å². The van der Waals surface area contributed by atoms with Gasteiger partial charge in [0.15, 0.2) is 5.69 Å². The molecule has 1 amide bonds. The van der Waals surface area contributed by atoms with E-state index in [4.69, 9.17) is 11.6 Å². The fraction of sp³-hybridized carbons (Fsp3) is 0.533. The van der Waals surface area contributed by atoms with Crippen LogP contribution >= 0.6 is 11.6 Å². The van der Waals surface area contributed by atoms with Crippen molar-refractivity contribution in [2.24, 2.45) is 0 Å². The molecule has 0 spiro atoms. The third kappa shape index (κ3) is 4.75. The van der Waals surface area contributed by atoms with E-state index in [2.05, 4.69) is 10.2 Å². The Hall–Kier alpha value is -2.03. The summed E-state index contributed by atoms with van der Waals surface area (Å²) in [6.45, 7) is 4.41. The zero-order valence-corrected chi connectivity index (χ0v) is 14.9. The summed E-state index contributed by atoms with van der Waals surface area (Å²) >= 11 is 6.07. The lowest BCUT2D eigenvalue weighted by Gasteiger charge is -2.16. The Morgan fingerprint density at radius 1 is 1.36 bits per heavy atom. The minimum Gasteiger partial charge on any atom is -0.340 e. The smallest absolute Gasteiger partial charge is 0.340 e. The van der Waals surface area contributed by atoms with Crippen LogP contribution in [0.1, 0.15) is 30.4 Å². The number of rotatable bonds is 6. The third-order valence-corrected chi connectivity index (χ3v) is 4.05. The highest BCUT2D eigenvalue weighted by Crippen LogP contribution is 2.28. The SMILES string of the molecule is CCn1cc(Cl)c(CN(C)C(=O)CCn2nc(C(F)(F)F)cc2C)n1. The Morgan fingerprint density at radius 3 is 2.56 bits per heavy atom. The molecule has 2 rings (SSSR count). The molecule has 0 saturated carbocycles. The Bertz CT molecular complexity index is 753. The highest BCUT2D eigenvalue weighted by molar-refractivity contribution is 6.31. The summed E-state index contributed by atoms with van der Waals surface area (Å²) in [7, 11) is 1.60. The summed E-state index contributed by atoms with van der Waals surface area (Å²) in [5.41, 5.74) is -0.0239. The van der Waals surface area contributed by atoms with Gasteiger partial charge in [0.05, 0.1) is 11.6 Å². The van der Waals surface area contributed by atoms with Gasteiger partial charge in [-0.2, -0.15) is 23.4 Å². The summed E-state index contributed by atoms with van der Waals surface area (Å²) < 4.78 is 40.8. The number of hydrogen-bond donors (Lipinski definition) is 0. The number of aromatic nitrogens is 4. The standard InChI is InChI=1S/C15H19ClF3N5O/c1-4-23-8-11(16)12(20-23)9-22(3)14(25)5-6-24-10(2)7-13(21-24)15(17,18)19/h7-8H,4-6,9H2,1-3H3. The first-order chi connectivity index (χ1) is 11.6. The molecule has 0 radical (unpaired) electrons. The van der Waals surface area contributed by atoms with Gasteiger partial charge in [-0.3, -0.25) is 14.2 Å². The van der Waals surface area contributed by atoms with Crippen molar-refractivity contribution in [2.45, 2.75) is 46.1 Å². The fourth-order valence-electron chi connectivity index (χ4n) is 2.29. The highest BCUT2D eigenvalue weighted by Gasteiger charge is 2.34. The molecule has 0 bridgehead atoms. The number of nitrogens with zero attached hydrogens (tertiary/aromatic N) is 5. The fourth-order valence-corrected chi connectivity index (χ4v) is 2.50. The van der Waals surface area contributed by atoms with Gasteiger partial charge >= 0.3 is 6.18 Å². The monoisotopic (exact) mass is 377 g/mol. The normalized spacial score (nSPS) is 11.8. The molecule has 2 heterocycles. The van der Waals surface area contributed by atoms with E-state index in [9.17, 15) is 18.0 Å². The van der Waals surface area contributed by atoms with Gasteiger partial charge in [-0.1, -0.05) is 11.6 Å². The van der Waals surface area contributed by atoms with E-state index < -0.39 is 11.9 Å². The average molecular weight is 378 g/mol. The summed E-state index contributed by atoms with van der Waals surface area (Å²) in [6.07, 6.45) is -2.78. The van der Waals surface area contributed by atoms with E-state index in [1.54, 1.807) is 17.9 Å². The van der Waals surface area contributed by atoms with Crippen molar-refractivity contribution in [3.05, 3.63) is 34.4 Å². The lowest BCUT2D eigenvalue weighted by molar-refractivity contribution is -0.141. The number of halogens is 4. The van der Waals surface area contributed by atoms with Crippen LogP contribution in [0.5, 0.6) is 0 Å². The van der Waals surface area contributed by atoms with Gasteiger partial charge in [0.2, 0.25) is 5.91 Å². The molecule has 0 aromatic carbocycles. The number of alkyl halides is 3. The third-order valence-electron chi connectivity index (χ3n) is 3.73. The number of hydrogen-bond acceptors (Lipinski definition) is 3. The van der Waals surface area contributed by atoms with Crippen LogP contribution in [0.3, 0.4) is 0 Å². The number of aryl methyl sites for hydroxylation is 3. The van der Waals surface area contributed by atoms with Crippen LogP contribution in [0.2, 0.25) is 5.02 Å². The summed E-state index contributed by atoms with van der Waals surface area (Å²) in [5, 5.41) is 8.24. The summed E-state index contributed by atoms with van der Waals surface area (Å²) in [5.74, 6) is -0.231. The second-order valence-electron chi connectivity index (χ2n) is 5.67. The number of carbonyl (C=O) groups excluding carboxylic acids is 1. The van der Waals surface area contributed by atoms with Crippen LogP contribution in [0.4, 0.5) is 13.2 Å². The van der Waals surface area contributed by atoms with Crippen LogP contribution in [0.25, 0.3) is 0 Å². The molecule has 138 valence electrons. The molecule has 6 nitrogen and oxygen atoms in total. The van der Waals surface area contributed by atoms with E-state index in [-0.39, 0.29) is 25.4 Å². The van der Waals surface area contributed by atoms with Crippen LogP contribution in [-0.4, -0.2) is 37.4 Å². The number of amides is 1. The van der Waals surface area contributed by atoms with Gasteiger partial charge in [-0.25, -0.2) is 0 Å². The topological polar surface area (TPSA) is 56.0 Å². The van der Waals surface area contributed by atoms with Crippen molar-refractivity contribution >= 4 is 17.5 Å². The average Bonchev–Trinajstić information content (AvgIpc) is 3.07. The first-order valence-corrected chi connectivity index (χ1v) is 8.07. The minimum atomic E-state index is -4.49. The summed E-state index contributed by atoms with van der Waals surface area (Å²) in [4.78, 5) is 13.7. The molecule has 0 unspecified atom stereocenters. The van der Waals surface area contributed by atoms with Crippen molar-refractivity contribution in [1.82, 2.24) is 24.5 Å². The predicted octanol–water partition coefficient (Wildman–Crippen LogP) is 3.13. The van der Waals surface area contributed by atoms with Gasteiger partial charge in [-0.05, 0) is 19.9 Å². The Labute approximate surface area is 148 Å². The largest absolute Gasteiger partial charge is 0.435 e. The minimum absolute atomic E-state index is 0.0302. The Kier molecular flexibility index (Phi) is 5.76. The van der Waals surface area contributed by atoms with Crippen molar-refractivity contribution in [1.29, 1.82) is 0 Å². The Balaban J connectivity index is 1.95. The van der Waals surface area contributed by atoms with Crippen LogP contribution < -0.4 is 0 Å². The molecular formula is C15H19ClF3N5O. The van der Waals surface area contributed by atoms with Gasteiger partial charge in [0.1, 0.15) is 5.69 Å². The van der Waals surface area contributed by atoms with Crippen LogP contribution in [0.15, 0.2) is 12.3 Å². The molecule has 25 heavy (non-hydrogen) atoms. The molecule has 2 aromatic heterocycles. The molecule has 0 N–H and O–H groups in total. The van der Waals surface area contributed by atoms with E-state index in [1.807, 2.05) is 6.92 Å². The molecule has 0 saturated heterocycles. The molecule has 0 aliphatic carbocycles. The lowest BCUT2D eigenvalue weighted by Crippen LogP contribution is -2.27. The predicted molar refractivity (Wildman–Crippen MR) is 86.0 cm³/mol. The van der Waals surface area contributed by atoms with Crippen molar-refractivity contribution < 1.29 is 18.0 Å². The second kappa shape index (κ2) is 7.47. The molecule has 0 fully saturated rings. The van der Waals surface area contributed by atoms with E-state index in [0.717, 1.165) is 6.07 Å². The van der Waals surface area contributed by atoms with Crippen molar-refractivity contribution in [3.63, 3.8) is 0 Å². The van der Waals surface area contributed by atoms with Crippen LogP contribution in [-0.2, 0) is 30.6 Å². The second-order valence-corrected chi connectivity index (χ2v) is 6.08. The van der Waals surface area contributed by atoms with Gasteiger partial charge in [-0.15, -0.1) is 0 Å². The van der Waals surface area contributed by atoms with Crippen LogP contribution in [0, 0.1) is 6.92 Å². The molecule has 0 atom stereocenters. The van der Waals surface area contributed by atoms with E-state index >= 15 is 0 Å². The van der Waals surface area contributed by atoms with Crippen molar-refractivity contribution in [2.75, 3.05) is 7.05 Å². The van der Waals surface area contributed by atoms with Gasteiger partial charge < -0.3 is 4.90 Å². The summed E-state index contributed by atoms with van der Waals surface area (Å²) in [6, 6.07) is 0.964. The zero-order valence-electron chi connectivity index (χ0n) is 14.1. The number of carbonyl (C=O) groups is 1. The van der Waals surface area contributed by atoms with Crippen molar-refractivity contribution in [3.8, 4) is 0 Å². The molecule has 10 heteroatoms. The molecule has 0 aliphatic rings. The first kappa shape index (κ1) is 19.3. The maximum atomic E-state index is 12.6. The van der Waals surface area contributed by atoms with E-state index in [1.165, 1.54) is 16.5 Å². The lowest BCUT2D eigenvalue weighted by atomic mass is 10.3. The van der Waals surface area contributed by atoms with E-state index in [0.29, 0.717) is 23.0 Å². The Morgan fingerprint density at radius 2 is 2.04 bits per heavy atom. The maximum absolute atomic E-state index is 12.6.